The van der Waals surface area contributed by atoms with E-state index in [9.17, 15) is 22.2 Å². The zero-order chi connectivity index (χ0) is 12.6. The van der Waals surface area contributed by atoms with Crippen molar-refractivity contribution >= 4 is 15.7 Å². The van der Waals surface area contributed by atoms with E-state index in [-0.39, 0.29) is 0 Å². The molecule has 0 aliphatic rings. The summed E-state index contributed by atoms with van der Waals surface area (Å²) in [5.74, 6) is -1.45. The summed E-state index contributed by atoms with van der Waals surface area (Å²) in [6.07, 6.45) is 0. The summed E-state index contributed by atoms with van der Waals surface area (Å²) in [5, 5.41) is 8.54. The topological polar surface area (TPSA) is 78.2 Å². The number of carboxylic acid groups (broad SMARTS) is 1. The molecule has 1 atom stereocenters. The Hall–Kier alpha value is -1.57. The maximum Gasteiger partial charge on any atom is 0.483 e. The summed E-state index contributed by atoms with van der Waals surface area (Å²) in [6, 6.07) is 3.47. The number of halogens is 3. The van der Waals surface area contributed by atoms with E-state index in [0.717, 1.165) is 18.2 Å². The van der Waals surface area contributed by atoms with Gasteiger partial charge in [0, 0.05) is 0 Å². The van der Waals surface area contributed by atoms with E-state index in [2.05, 4.69) is 0 Å². The van der Waals surface area contributed by atoms with E-state index >= 15 is 0 Å². The van der Waals surface area contributed by atoms with Gasteiger partial charge in [0.2, 0.25) is 0 Å². The Labute approximate surface area is 88.7 Å². The second-order valence-electron chi connectivity index (χ2n) is 2.83. The van der Waals surface area contributed by atoms with E-state index in [4.69, 9.17) is 9.89 Å². The standard InChI is InChI=1S/C8H6F3NO3S/c9-8(10,11)16(12,15)6-3-1-2-5(4-6)7(13)14/h1-4,12H,(H,13,14). The smallest absolute Gasteiger partial charge is 0.478 e. The average Bonchev–Trinajstić information content (AvgIpc) is 2.16. The number of carbonyl (C=O) groups is 1. The van der Waals surface area contributed by atoms with Crippen LogP contribution in [-0.4, -0.2) is 20.8 Å². The van der Waals surface area contributed by atoms with Crippen LogP contribution < -0.4 is 0 Å². The summed E-state index contributed by atoms with van der Waals surface area (Å²) in [7, 11) is -5.00. The van der Waals surface area contributed by atoms with E-state index in [1.54, 1.807) is 0 Å². The first-order valence-corrected chi connectivity index (χ1v) is 5.40. The molecule has 8 heteroatoms. The largest absolute Gasteiger partial charge is 0.483 e. The minimum atomic E-state index is -5.22. The fourth-order valence-corrected chi connectivity index (χ4v) is 1.77. The van der Waals surface area contributed by atoms with Crippen LogP contribution in [0, 0.1) is 4.78 Å². The summed E-state index contributed by atoms with van der Waals surface area (Å²) in [6.45, 7) is 0. The first kappa shape index (κ1) is 12.5. The highest BCUT2D eigenvalue weighted by molar-refractivity contribution is 7.93. The van der Waals surface area contributed by atoms with Crippen molar-refractivity contribution in [1.29, 1.82) is 4.78 Å². The Balaban J connectivity index is 3.36. The lowest BCUT2D eigenvalue weighted by atomic mass is 10.2. The third kappa shape index (κ3) is 2.16. The quantitative estimate of drug-likeness (QED) is 0.848. The number of carboxylic acids is 1. The summed E-state index contributed by atoms with van der Waals surface area (Å²) >= 11 is 0. The van der Waals surface area contributed by atoms with Crippen LogP contribution in [0.2, 0.25) is 0 Å². The first-order valence-electron chi connectivity index (χ1n) is 3.85. The fraction of sp³-hybridized carbons (Fsp3) is 0.125. The summed E-state index contributed by atoms with van der Waals surface area (Å²) in [5.41, 5.74) is -5.66. The highest BCUT2D eigenvalue weighted by Crippen LogP contribution is 2.31. The van der Waals surface area contributed by atoms with Gasteiger partial charge in [-0.3, -0.25) is 0 Å². The van der Waals surface area contributed by atoms with E-state index in [1.165, 1.54) is 0 Å². The lowest BCUT2D eigenvalue weighted by Gasteiger charge is -2.11. The molecule has 0 radical (unpaired) electrons. The van der Waals surface area contributed by atoms with E-state index in [1.807, 2.05) is 0 Å². The monoisotopic (exact) mass is 253 g/mol. The van der Waals surface area contributed by atoms with Crippen molar-refractivity contribution in [3.05, 3.63) is 29.8 Å². The molecule has 88 valence electrons. The Morgan fingerprint density at radius 3 is 2.38 bits per heavy atom. The molecule has 0 aliphatic heterocycles. The van der Waals surface area contributed by atoms with Crippen LogP contribution in [0.15, 0.2) is 29.2 Å². The molecule has 0 aromatic heterocycles. The van der Waals surface area contributed by atoms with Crippen LogP contribution in [0.1, 0.15) is 10.4 Å². The third-order valence-electron chi connectivity index (χ3n) is 1.74. The molecule has 1 unspecified atom stereocenters. The zero-order valence-electron chi connectivity index (χ0n) is 7.62. The normalized spacial score (nSPS) is 15.4. The number of rotatable bonds is 2. The molecule has 0 saturated carbocycles. The molecule has 0 bridgehead atoms. The molecule has 1 aromatic carbocycles. The molecule has 0 saturated heterocycles. The van der Waals surface area contributed by atoms with Gasteiger partial charge in [0.15, 0.2) is 9.73 Å². The predicted octanol–water partition coefficient (Wildman–Crippen LogP) is 2.31. The Bertz CT molecular complexity index is 522. The fourth-order valence-electron chi connectivity index (χ4n) is 0.942. The molecule has 0 heterocycles. The molecule has 0 amide bonds. The minimum Gasteiger partial charge on any atom is -0.478 e. The van der Waals surface area contributed by atoms with Gasteiger partial charge in [-0.2, -0.15) is 13.2 Å². The number of nitrogens with one attached hydrogen (secondary N) is 1. The highest BCUT2D eigenvalue weighted by Gasteiger charge is 2.43. The van der Waals surface area contributed by atoms with Crippen LogP contribution in [0.25, 0.3) is 0 Å². The second kappa shape index (κ2) is 3.78. The number of alkyl halides is 3. The number of hydrogen-bond donors (Lipinski definition) is 2. The lowest BCUT2D eigenvalue weighted by Crippen LogP contribution is -2.22. The molecule has 0 spiro atoms. The maximum atomic E-state index is 12.2. The number of aromatic carboxylic acids is 1. The van der Waals surface area contributed by atoms with Crippen molar-refractivity contribution in [3.8, 4) is 0 Å². The Morgan fingerprint density at radius 1 is 1.38 bits per heavy atom. The van der Waals surface area contributed by atoms with Gasteiger partial charge in [-0.05, 0) is 18.2 Å². The van der Waals surface area contributed by atoms with Gasteiger partial charge in [-0.25, -0.2) is 13.8 Å². The third-order valence-corrected chi connectivity index (χ3v) is 3.31. The van der Waals surface area contributed by atoms with Crippen molar-refractivity contribution in [2.45, 2.75) is 10.4 Å². The molecule has 1 rings (SSSR count). The maximum absolute atomic E-state index is 12.2. The van der Waals surface area contributed by atoms with Gasteiger partial charge < -0.3 is 5.11 Å². The van der Waals surface area contributed by atoms with Crippen molar-refractivity contribution in [1.82, 2.24) is 0 Å². The molecule has 1 aromatic rings. The summed E-state index contributed by atoms with van der Waals surface area (Å²) < 4.78 is 54.6. The number of hydrogen-bond acceptors (Lipinski definition) is 3. The van der Waals surface area contributed by atoms with E-state index < -0.39 is 31.7 Å². The van der Waals surface area contributed by atoms with E-state index in [0.29, 0.717) is 6.07 Å². The molecule has 16 heavy (non-hydrogen) atoms. The Morgan fingerprint density at radius 2 is 1.94 bits per heavy atom. The molecule has 4 nitrogen and oxygen atoms in total. The van der Waals surface area contributed by atoms with Crippen molar-refractivity contribution in [2.75, 3.05) is 0 Å². The minimum absolute atomic E-state index is 0.443. The van der Waals surface area contributed by atoms with Crippen molar-refractivity contribution in [2.24, 2.45) is 0 Å². The predicted molar refractivity (Wildman–Crippen MR) is 48.6 cm³/mol. The first-order chi connectivity index (χ1) is 7.16. The molecule has 0 fully saturated rings. The average molecular weight is 253 g/mol. The van der Waals surface area contributed by atoms with Crippen molar-refractivity contribution in [3.63, 3.8) is 0 Å². The van der Waals surface area contributed by atoms with Gasteiger partial charge in [0.25, 0.3) is 0 Å². The molecular weight excluding hydrogens is 247 g/mol. The SMILES string of the molecule is N=S(=O)(c1cccc(C(=O)O)c1)C(F)(F)F. The molecule has 0 aliphatic carbocycles. The number of benzene rings is 1. The molecular formula is C8H6F3NO3S. The van der Waals surface area contributed by atoms with Gasteiger partial charge in [0.05, 0.1) is 10.5 Å². The lowest BCUT2D eigenvalue weighted by molar-refractivity contribution is -0.0407. The van der Waals surface area contributed by atoms with Crippen molar-refractivity contribution < 1.29 is 27.3 Å². The van der Waals surface area contributed by atoms with Crippen LogP contribution in [0.4, 0.5) is 13.2 Å². The molecule has 2 N–H and O–H groups in total. The van der Waals surface area contributed by atoms with Gasteiger partial charge in [-0.15, -0.1) is 0 Å². The van der Waals surface area contributed by atoms with Crippen LogP contribution in [-0.2, 0) is 9.73 Å². The van der Waals surface area contributed by atoms with Gasteiger partial charge in [-0.1, -0.05) is 6.07 Å². The van der Waals surface area contributed by atoms with Gasteiger partial charge >= 0.3 is 11.5 Å². The Kier molecular flexibility index (Phi) is 2.95. The van der Waals surface area contributed by atoms with Crippen LogP contribution in [0.5, 0.6) is 0 Å². The highest BCUT2D eigenvalue weighted by atomic mass is 32.2. The second-order valence-corrected chi connectivity index (χ2v) is 4.88. The summed E-state index contributed by atoms with van der Waals surface area (Å²) in [4.78, 5) is 9.63. The van der Waals surface area contributed by atoms with Crippen LogP contribution in [0.3, 0.4) is 0 Å². The van der Waals surface area contributed by atoms with Gasteiger partial charge in [0.1, 0.15) is 0 Å². The van der Waals surface area contributed by atoms with Crippen LogP contribution >= 0.6 is 0 Å². The zero-order valence-corrected chi connectivity index (χ0v) is 8.43.